The standard InChI is InChI=1S/C10H10ClFOS/c1-6-3-8(11)7(4-9(6)12)10(13)5-14-2/h3-4H,5H2,1-2H3. The Hall–Kier alpha value is -0.540. The van der Waals surface area contributed by atoms with Gasteiger partial charge >= 0.3 is 0 Å². The number of carbonyl (C=O) groups excluding carboxylic acids is 1. The summed E-state index contributed by atoms with van der Waals surface area (Å²) >= 11 is 7.23. The van der Waals surface area contributed by atoms with Crippen molar-refractivity contribution in [1.29, 1.82) is 0 Å². The van der Waals surface area contributed by atoms with E-state index in [1.165, 1.54) is 23.9 Å². The molecule has 0 fully saturated rings. The molecule has 0 amide bonds. The number of carbonyl (C=O) groups is 1. The average Bonchev–Trinajstić information content (AvgIpc) is 2.11. The Morgan fingerprint density at radius 3 is 2.79 bits per heavy atom. The quantitative estimate of drug-likeness (QED) is 0.744. The lowest BCUT2D eigenvalue weighted by molar-refractivity contribution is 0.102. The summed E-state index contributed by atoms with van der Waals surface area (Å²) in [5.74, 6) is -0.206. The number of hydrogen-bond acceptors (Lipinski definition) is 2. The predicted octanol–water partition coefficient (Wildman–Crippen LogP) is 3.33. The van der Waals surface area contributed by atoms with Crippen LogP contribution in [-0.4, -0.2) is 17.8 Å². The lowest BCUT2D eigenvalue weighted by atomic mass is 10.1. The molecule has 0 N–H and O–H groups in total. The van der Waals surface area contributed by atoms with Gasteiger partial charge in [0.25, 0.3) is 0 Å². The number of hydrogen-bond donors (Lipinski definition) is 0. The molecule has 0 heterocycles. The lowest BCUT2D eigenvalue weighted by Gasteiger charge is -2.04. The first-order valence-electron chi connectivity index (χ1n) is 4.04. The maximum absolute atomic E-state index is 13.1. The van der Waals surface area contributed by atoms with Gasteiger partial charge in [0.2, 0.25) is 0 Å². The van der Waals surface area contributed by atoms with Crippen LogP contribution in [0.5, 0.6) is 0 Å². The summed E-state index contributed by atoms with van der Waals surface area (Å²) in [6.07, 6.45) is 1.82. The normalized spacial score (nSPS) is 10.3. The van der Waals surface area contributed by atoms with E-state index in [2.05, 4.69) is 0 Å². The average molecular weight is 233 g/mol. The molecule has 76 valence electrons. The fourth-order valence-corrected chi connectivity index (χ4v) is 1.81. The highest BCUT2D eigenvalue weighted by Crippen LogP contribution is 2.21. The van der Waals surface area contributed by atoms with Crippen LogP contribution in [0.3, 0.4) is 0 Å². The van der Waals surface area contributed by atoms with Crippen LogP contribution in [0.25, 0.3) is 0 Å². The van der Waals surface area contributed by atoms with Crippen LogP contribution in [0.4, 0.5) is 4.39 Å². The first-order valence-corrected chi connectivity index (χ1v) is 5.81. The molecule has 14 heavy (non-hydrogen) atoms. The van der Waals surface area contributed by atoms with Crippen LogP contribution in [0.1, 0.15) is 15.9 Å². The molecule has 1 aromatic carbocycles. The summed E-state index contributed by atoms with van der Waals surface area (Å²) in [5, 5.41) is 0.322. The second-order valence-corrected chi connectivity index (χ2v) is 4.21. The van der Waals surface area contributed by atoms with Crippen LogP contribution in [0.15, 0.2) is 12.1 Å². The largest absolute Gasteiger partial charge is 0.293 e. The van der Waals surface area contributed by atoms with Crippen molar-refractivity contribution in [3.8, 4) is 0 Å². The van der Waals surface area contributed by atoms with Crippen molar-refractivity contribution in [2.75, 3.05) is 12.0 Å². The first kappa shape index (κ1) is 11.5. The Kier molecular flexibility index (Phi) is 3.96. The molecule has 0 saturated carbocycles. The topological polar surface area (TPSA) is 17.1 Å². The fraction of sp³-hybridized carbons (Fsp3) is 0.300. The van der Waals surface area contributed by atoms with Gasteiger partial charge in [-0.2, -0.15) is 11.8 Å². The van der Waals surface area contributed by atoms with E-state index < -0.39 is 0 Å². The summed E-state index contributed by atoms with van der Waals surface area (Å²) in [6.45, 7) is 1.62. The number of halogens is 2. The van der Waals surface area contributed by atoms with Crippen LogP contribution >= 0.6 is 23.4 Å². The minimum absolute atomic E-state index is 0.138. The minimum atomic E-state index is -0.390. The predicted molar refractivity (Wildman–Crippen MR) is 58.9 cm³/mol. The van der Waals surface area contributed by atoms with Gasteiger partial charge in [-0.1, -0.05) is 11.6 Å². The molecular formula is C10H10ClFOS. The van der Waals surface area contributed by atoms with Crippen molar-refractivity contribution in [1.82, 2.24) is 0 Å². The number of benzene rings is 1. The van der Waals surface area contributed by atoms with E-state index in [1.807, 2.05) is 6.26 Å². The summed E-state index contributed by atoms with van der Waals surface area (Å²) < 4.78 is 13.1. The fourth-order valence-electron chi connectivity index (χ4n) is 1.07. The van der Waals surface area contributed by atoms with Crippen molar-refractivity contribution < 1.29 is 9.18 Å². The van der Waals surface area contributed by atoms with E-state index in [0.717, 1.165) is 0 Å². The molecule has 1 aromatic rings. The second-order valence-electron chi connectivity index (χ2n) is 2.94. The zero-order valence-electron chi connectivity index (χ0n) is 7.93. The molecular weight excluding hydrogens is 223 g/mol. The molecule has 4 heteroatoms. The summed E-state index contributed by atoms with van der Waals surface area (Å²) in [7, 11) is 0. The van der Waals surface area contributed by atoms with Crippen molar-refractivity contribution >= 4 is 29.1 Å². The highest BCUT2D eigenvalue weighted by atomic mass is 35.5. The number of aryl methyl sites for hydroxylation is 1. The third-order valence-electron chi connectivity index (χ3n) is 1.82. The van der Waals surface area contributed by atoms with Gasteiger partial charge in [-0.25, -0.2) is 4.39 Å². The summed E-state index contributed by atoms with van der Waals surface area (Å²) in [4.78, 5) is 11.5. The number of Topliss-reactive ketones (excluding diaryl/α,β-unsaturated/α-hetero) is 1. The number of thioether (sulfide) groups is 1. The molecule has 0 aliphatic rings. The summed E-state index contributed by atoms with van der Waals surface area (Å²) in [5.41, 5.74) is 0.722. The van der Waals surface area contributed by atoms with Crippen LogP contribution < -0.4 is 0 Å². The molecule has 0 atom stereocenters. The molecule has 0 bridgehead atoms. The van der Waals surface area contributed by atoms with E-state index in [-0.39, 0.29) is 17.2 Å². The van der Waals surface area contributed by atoms with Crippen molar-refractivity contribution in [3.05, 3.63) is 34.1 Å². The van der Waals surface area contributed by atoms with Gasteiger partial charge in [-0.05, 0) is 30.9 Å². The van der Waals surface area contributed by atoms with E-state index in [1.54, 1.807) is 6.92 Å². The smallest absolute Gasteiger partial charge is 0.174 e. The van der Waals surface area contributed by atoms with E-state index >= 15 is 0 Å². The molecule has 0 unspecified atom stereocenters. The van der Waals surface area contributed by atoms with Crippen molar-refractivity contribution in [3.63, 3.8) is 0 Å². The Morgan fingerprint density at radius 2 is 2.21 bits per heavy atom. The molecule has 1 nitrogen and oxygen atoms in total. The molecule has 0 aromatic heterocycles. The second kappa shape index (κ2) is 4.80. The Labute approximate surface area is 91.6 Å². The Morgan fingerprint density at radius 1 is 1.57 bits per heavy atom. The van der Waals surface area contributed by atoms with Gasteiger partial charge in [-0.15, -0.1) is 0 Å². The monoisotopic (exact) mass is 232 g/mol. The first-order chi connectivity index (χ1) is 6.56. The van der Waals surface area contributed by atoms with Gasteiger partial charge in [0, 0.05) is 5.56 Å². The van der Waals surface area contributed by atoms with E-state index in [0.29, 0.717) is 16.3 Å². The molecule has 0 aliphatic heterocycles. The summed E-state index contributed by atoms with van der Waals surface area (Å²) in [6, 6.07) is 2.68. The van der Waals surface area contributed by atoms with Gasteiger partial charge in [-0.3, -0.25) is 4.79 Å². The number of ketones is 1. The van der Waals surface area contributed by atoms with Crippen LogP contribution in [-0.2, 0) is 0 Å². The number of rotatable bonds is 3. The molecule has 0 aliphatic carbocycles. The molecule has 0 radical (unpaired) electrons. The van der Waals surface area contributed by atoms with Gasteiger partial charge in [0.15, 0.2) is 5.78 Å². The van der Waals surface area contributed by atoms with Crippen molar-refractivity contribution in [2.45, 2.75) is 6.92 Å². The lowest BCUT2D eigenvalue weighted by Crippen LogP contribution is -2.04. The molecule has 1 rings (SSSR count). The maximum Gasteiger partial charge on any atom is 0.174 e. The Bertz CT molecular complexity index is 365. The third-order valence-corrected chi connectivity index (χ3v) is 2.69. The SMILES string of the molecule is CSCC(=O)c1cc(F)c(C)cc1Cl. The zero-order valence-corrected chi connectivity index (χ0v) is 9.51. The van der Waals surface area contributed by atoms with Gasteiger partial charge in [0.1, 0.15) is 5.82 Å². The van der Waals surface area contributed by atoms with E-state index in [9.17, 15) is 9.18 Å². The highest BCUT2D eigenvalue weighted by Gasteiger charge is 2.12. The minimum Gasteiger partial charge on any atom is -0.293 e. The van der Waals surface area contributed by atoms with Gasteiger partial charge in [0.05, 0.1) is 10.8 Å². The van der Waals surface area contributed by atoms with Gasteiger partial charge < -0.3 is 0 Å². The highest BCUT2D eigenvalue weighted by molar-refractivity contribution is 7.99. The van der Waals surface area contributed by atoms with Crippen molar-refractivity contribution in [2.24, 2.45) is 0 Å². The van der Waals surface area contributed by atoms with E-state index in [4.69, 9.17) is 11.6 Å². The van der Waals surface area contributed by atoms with Crippen LogP contribution in [0.2, 0.25) is 5.02 Å². The molecule has 0 spiro atoms. The third kappa shape index (κ3) is 2.49. The van der Waals surface area contributed by atoms with Crippen LogP contribution in [0, 0.1) is 12.7 Å². The Balaban J connectivity index is 3.09. The molecule has 0 saturated heterocycles. The maximum atomic E-state index is 13.1. The zero-order chi connectivity index (χ0) is 10.7.